The fourth-order valence-corrected chi connectivity index (χ4v) is 2.09. The average Bonchev–Trinajstić information content (AvgIpc) is 2.34. The van der Waals surface area contributed by atoms with E-state index >= 15 is 0 Å². The Kier molecular flexibility index (Phi) is 9.55. The maximum absolute atomic E-state index is 11.9. The number of methoxy groups -OCH3 is 1. The molecule has 0 saturated carbocycles. The van der Waals surface area contributed by atoms with Crippen molar-refractivity contribution in [2.75, 3.05) is 39.9 Å². The summed E-state index contributed by atoms with van der Waals surface area (Å²) in [6.07, 6.45) is 1.88. The Labute approximate surface area is 120 Å². The number of piperidine rings is 1. The van der Waals surface area contributed by atoms with Crippen LogP contribution in [0.2, 0.25) is 0 Å². The zero-order valence-electron chi connectivity index (χ0n) is 11.6. The lowest BCUT2D eigenvalue weighted by Crippen LogP contribution is -2.51. The standard InChI is InChI=1S/C12H23N3O3.ClH/c1-10(16)14-11-4-3-6-15(9-11)12(17)8-13-5-7-18-2;/h11,13H,3-9H2,1-2H3,(H,14,16);1H. The third kappa shape index (κ3) is 7.34. The number of rotatable bonds is 6. The smallest absolute Gasteiger partial charge is 0.236 e. The summed E-state index contributed by atoms with van der Waals surface area (Å²) in [4.78, 5) is 24.7. The highest BCUT2D eigenvalue weighted by atomic mass is 35.5. The van der Waals surface area contributed by atoms with Crippen molar-refractivity contribution in [3.63, 3.8) is 0 Å². The van der Waals surface area contributed by atoms with Gasteiger partial charge in [-0.2, -0.15) is 0 Å². The SMILES string of the molecule is COCCNCC(=O)N1CCCC(NC(C)=O)C1.Cl. The van der Waals surface area contributed by atoms with Crippen molar-refractivity contribution in [2.45, 2.75) is 25.8 Å². The number of hydrogen-bond donors (Lipinski definition) is 2. The Balaban J connectivity index is 0.00000324. The zero-order chi connectivity index (χ0) is 13.4. The summed E-state index contributed by atoms with van der Waals surface area (Å²) in [7, 11) is 1.63. The van der Waals surface area contributed by atoms with Gasteiger partial charge in [0, 0.05) is 39.7 Å². The monoisotopic (exact) mass is 293 g/mol. The number of carbonyl (C=O) groups excluding carboxylic acids is 2. The number of nitrogens with zero attached hydrogens (tertiary/aromatic N) is 1. The highest BCUT2D eigenvalue weighted by Crippen LogP contribution is 2.09. The molecular formula is C12H24ClN3O3. The summed E-state index contributed by atoms with van der Waals surface area (Å²) in [5.41, 5.74) is 0. The maximum Gasteiger partial charge on any atom is 0.236 e. The topological polar surface area (TPSA) is 70.7 Å². The van der Waals surface area contributed by atoms with Gasteiger partial charge < -0.3 is 20.3 Å². The van der Waals surface area contributed by atoms with Crippen molar-refractivity contribution in [1.29, 1.82) is 0 Å². The fraction of sp³-hybridized carbons (Fsp3) is 0.833. The van der Waals surface area contributed by atoms with Crippen LogP contribution in [0, 0.1) is 0 Å². The summed E-state index contributed by atoms with van der Waals surface area (Å²) in [6, 6.07) is 0.0965. The molecule has 0 aromatic carbocycles. The van der Waals surface area contributed by atoms with Gasteiger partial charge in [-0.05, 0) is 12.8 Å². The third-order valence-corrected chi connectivity index (χ3v) is 2.94. The predicted octanol–water partition coefficient (Wildman–Crippen LogP) is -0.229. The lowest BCUT2D eigenvalue weighted by atomic mass is 10.1. The number of ether oxygens (including phenoxy) is 1. The number of halogens is 1. The molecule has 0 aromatic rings. The minimum atomic E-state index is -0.0347. The maximum atomic E-state index is 11.9. The first-order valence-corrected chi connectivity index (χ1v) is 6.38. The molecular weight excluding hydrogens is 270 g/mol. The van der Waals surface area contributed by atoms with Crippen LogP contribution in [0.25, 0.3) is 0 Å². The summed E-state index contributed by atoms with van der Waals surface area (Å²) in [5.74, 6) is 0.0497. The first-order valence-electron chi connectivity index (χ1n) is 6.38. The van der Waals surface area contributed by atoms with Crippen molar-refractivity contribution in [2.24, 2.45) is 0 Å². The molecule has 1 atom stereocenters. The van der Waals surface area contributed by atoms with Crippen LogP contribution >= 0.6 is 12.4 Å². The van der Waals surface area contributed by atoms with Crippen LogP contribution in [-0.2, 0) is 14.3 Å². The van der Waals surface area contributed by atoms with Gasteiger partial charge in [-0.25, -0.2) is 0 Å². The van der Waals surface area contributed by atoms with Crippen LogP contribution in [0.4, 0.5) is 0 Å². The molecule has 1 heterocycles. The molecule has 1 unspecified atom stereocenters. The first kappa shape index (κ1) is 18.1. The molecule has 2 amide bonds. The van der Waals surface area contributed by atoms with Crippen molar-refractivity contribution >= 4 is 24.2 Å². The average molecular weight is 294 g/mol. The Morgan fingerprint density at radius 3 is 2.79 bits per heavy atom. The second-order valence-corrected chi connectivity index (χ2v) is 4.55. The van der Waals surface area contributed by atoms with E-state index in [9.17, 15) is 9.59 Å². The molecule has 6 nitrogen and oxygen atoms in total. The Morgan fingerprint density at radius 2 is 2.16 bits per heavy atom. The quantitative estimate of drug-likeness (QED) is 0.664. The van der Waals surface area contributed by atoms with Crippen molar-refractivity contribution in [3.8, 4) is 0 Å². The van der Waals surface area contributed by atoms with Crippen LogP contribution in [0.3, 0.4) is 0 Å². The van der Waals surface area contributed by atoms with Crippen LogP contribution in [-0.4, -0.2) is 62.7 Å². The molecule has 0 aromatic heterocycles. The van der Waals surface area contributed by atoms with Crippen molar-refractivity contribution < 1.29 is 14.3 Å². The second kappa shape index (κ2) is 10.00. The van der Waals surface area contributed by atoms with Crippen LogP contribution in [0.15, 0.2) is 0 Å². The van der Waals surface area contributed by atoms with Gasteiger partial charge in [-0.15, -0.1) is 12.4 Å². The van der Waals surface area contributed by atoms with E-state index in [-0.39, 0.29) is 30.3 Å². The van der Waals surface area contributed by atoms with Gasteiger partial charge in [0.05, 0.1) is 13.2 Å². The predicted molar refractivity (Wildman–Crippen MR) is 75.4 cm³/mol. The molecule has 1 aliphatic heterocycles. The molecule has 112 valence electrons. The van der Waals surface area contributed by atoms with Gasteiger partial charge in [0.15, 0.2) is 0 Å². The molecule has 0 bridgehead atoms. The van der Waals surface area contributed by atoms with Gasteiger partial charge in [-0.1, -0.05) is 0 Å². The molecule has 2 N–H and O–H groups in total. The van der Waals surface area contributed by atoms with Crippen molar-refractivity contribution in [3.05, 3.63) is 0 Å². The van der Waals surface area contributed by atoms with Gasteiger partial charge in [0.25, 0.3) is 0 Å². The summed E-state index contributed by atoms with van der Waals surface area (Å²) < 4.78 is 4.90. The summed E-state index contributed by atoms with van der Waals surface area (Å²) >= 11 is 0. The van der Waals surface area contributed by atoms with Gasteiger partial charge >= 0.3 is 0 Å². The lowest BCUT2D eigenvalue weighted by molar-refractivity contribution is -0.132. The Hall–Kier alpha value is -0.850. The van der Waals surface area contributed by atoms with E-state index in [2.05, 4.69) is 10.6 Å². The first-order chi connectivity index (χ1) is 8.63. The molecule has 0 aliphatic carbocycles. The van der Waals surface area contributed by atoms with E-state index in [4.69, 9.17) is 4.74 Å². The van der Waals surface area contributed by atoms with Crippen LogP contribution < -0.4 is 10.6 Å². The normalized spacial score (nSPS) is 18.6. The largest absolute Gasteiger partial charge is 0.383 e. The minimum absolute atomic E-state index is 0. The van der Waals surface area contributed by atoms with Crippen LogP contribution in [0.1, 0.15) is 19.8 Å². The number of likely N-dealkylation sites (tertiary alicyclic amines) is 1. The third-order valence-electron chi connectivity index (χ3n) is 2.94. The van der Waals surface area contributed by atoms with Gasteiger partial charge in [0.2, 0.25) is 11.8 Å². The molecule has 0 radical (unpaired) electrons. The van der Waals surface area contributed by atoms with Gasteiger partial charge in [-0.3, -0.25) is 9.59 Å². The highest BCUT2D eigenvalue weighted by Gasteiger charge is 2.23. The fourth-order valence-electron chi connectivity index (χ4n) is 2.09. The highest BCUT2D eigenvalue weighted by molar-refractivity contribution is 5.85. The van der Waals surface area contributed by atoms with Crippen LogP contribution in [0.5, 0.6) is 0 Å². The summed E-state index contributed by atoms with van der Waals surface area (Å²) in [5, 5.41) is 5.91. The van der Waals surface area contributed by atoms with E-state index in [1.54, 1.807) is 7.11 Å². The second-order valence-electron chi connectivity index (χ2n) is 4.55. The zero-order valence-corrected chi connectivity index (χ0v) is 12.4. The van der Waals surface area contributed by atoms with E-state index in [1.807, 2.05) is 4.90 Å². The minimum Gasteiger partial charge on any atom is -0.383 e. The number of amides is 2. The van der Waals surface area contributed by atoms with E-state index < -0.39 is 0 Å². The molecule has 1 aliphatic rings. The van der Waals surface area contributed by atoms with E-state index in [0.717, 1.165) is 19.4 Å². The van der Waals surface area contributed by atoms with Crippen molar-refractivity contribution in [1.82, 2.24) is 15.5 Å². The molecule has 0 spiro atoms. The lowest BCUT2D eigenvalue weighted by Gasteiger charge is -2.33. The number of nitrogens with one attached hydrogen (secondary N) is 2. The molecule has 1 saturated heterocycles. The Bertz CT molecular complexity index is 289. The van der Waals surface area contributed by atoms with E-state index in [0.29, 0.717) is 26.2 Å². The molecule has 7 heteroatoms. The number of carbonyl (C=O) groups is 2. The van der Waals surface area contributed by atoms with Gasteiger partial charge in [0.1, 0.15) is 0 Å². The molecule has 1 fully saturated rings. The molecule has 1 rings (SSSR count). The Morgan fingerprint density at radius 1 is 1.42 bits per heavy atom. The van der Waals surface area contributed by atoms with E-state index in [1.165, 1.54) is 6.92 Å². The summed E-state index contributed by atoms with van der Waals surface area (Å²) in [6.45, 7) is 4.50. The number of hydrogen-bond acceptors (Lipinski definition) is 4. The molecule has 19 heavy (non-hydrogen) atoms.